The quantitative estimate of drug-likeness (QED) is 0.908. The van der Waals surface area contributed by atoms with Gasteiger partial charge in [0, 0.05) is 10.8 Å². The Hall–Kier alpha value is -1.21. The summed E-state index contributed by atoms with van der Waals surface area (Å²) in [4.78, 5) is 5.84. The highest BCUT2D eigenvalue weighted by atomic mass is 32.1. The molecule has 0 aromatic carbocycles. The molecule has 2 atom stereocenters. The maximum Gasteiger partial charge on any atom is 0.203 e. The van der Waals surface area contributed by atoms with Crippen molar-refractivity contribution in [2.75, 3.05) is 11.5 Å². The van der Waals surface area contributed by atoms with Crippen molar-refractivity contribution < 1.29 is 0 Å². The van der Waals surface area contributed by atoms with Gasteiger partial charge in [0.15, 0.2) is 5.13 Å². The molecule has 0 spiro atoms. The van der Waals surface area contributed by atoms with Crippen molar-refractivity contribution in [1.29, 1.82) is 0 Å². The van der Waals surface area contributed by atoms with Gasteiger partial charge in [-0.25, -0.2) is 4.98 Å². The van der Waals surface area contributed by atoms with E-state index in [1.54, 1.807) is 11.3 Å². The highest BCUT2D eigenvalue weighted by Crippen LogP contribution is 2.45. The molecule has 0 saturated heterocycles. The van der Waals surface area contributed by atoms with Crippen molar-refractivity contribution >= 4 is 32.9 Å². The third-order valence-corrected chi connectivity index (χ3v) is 5.93. The van der Waals surface area contributed by atoms with E-state index in [-0.39, 0.29) is 0 Å². The molecule has 7 heteroatoms. The molecular weight excluding hydrogens is 290 g/mol. The number of rotatable bonds is 3. The molecule has 5 nitrogen and oxygen atoms in total. The number of aromatic nitrogens is 3. The molecule has 0 radical (unpaired) electrons. The minimum Gasteiger partial charge on any atom is -0.375 e. The topological polar surface area (TPSA) is 90.7 Å². The highest BCUT2D eigenvalue weighted by Gasteiger charge is 2.29. The van der Waals surface area contributed by atoms with Gasteiger partial charge in [-0.05, 0) is 31.6 Å². The van der Waals surface area contributed by atoms with Crippen molar-refractivity contribution in [3.63, 3.8) is 0 Å². The molecule has 1 aliphatic carbocycles. The second-order valence-corrected chi connectivity index (χ2v) is 7.36. The second kappa shape index (κ2) is 5.65. The third kappa shape index (κ3) is 2.64. The van der Waals surface area contributed by atoms with Crippen LogP contribution in [0.2, 0.25) is 0 Å². The van der Waals surface area contributed by atoms with Crippen LogP contribution in [-0.2, 0) is 6.42 Å². The maximum absolute atomic E-state index is 5.88. The zero-order valence-electron chi connectivity index (χ0n) is 11.5. The van der Waals surface area contributed by atoms with E-state index in [2.05, 4.69) is 22.1 Å². The summed E-state index contributed by atoms with van der Waals surface area (Å²) >= 11 is 3.18. The van der Waals surface area contributed by atoms with Crippen LogP contribution in [0.25, 0.3) is 0 Å². The second-order valence-electron chi connectivity index (χ2n) is 5.26. The first-order valence-electron chi connectivity index (χ1n) is 7.01. The minimum atomic E-state index is 0.483. The number of nitrogens with zero attached hydrogens (tertiary/aromatic N) is 3. The van der Waals surface area contributed by atoms with Gasteiger partial charge < -0.3 is 11.5 Å². The van der Waals surface area contributed by atoms with Gasteiger partial charge in [-0.15, -0.1) is 21.5 Å². The predicted molar refractivity (Wildman–Crippen MR) is 84.2 cm³/mol. The molecular formula is C13H19N5S2. The first-order chi connectivity index (χ1) is 9.67. The van der Waals surface area contributed by atoms with Gasteiger partial charge in [-0.1, -0.05) is 24.7 Å². The van der Waals surface area contributed by atoms with Crippen LogP contribution in [0, 0.1) is 0 Å². The molecule has 0 bridgehead atoms. The molecule has 0 aliphatic heterocycles. The van der Waals surface area contributed by atoms with E-state index in [9.17, 15) is 0 Å². The van der Waals surface area contributed by atoms with E-state index in [1.165, 1.54) is 41.2 Å². The van der Waals surface area contributed by atoms with Gasteiger partial charge in [-0.3, -0.25) is 0 Å². The van der Waals surface area contributed by atoms with Crippen molar-refractivity contribution in [2.24, 2.45) is 0 Å². The summed E-state index contributed by atoms with van der Waals surface area (Å²) in [5, 5.41) is 10.5. The van der Waals surface area contributed by atoms with Crippen molar-refractivity contribution in [2.45, 2.75) is 50.9 Å². The lowest BCUT2D eigenvalue weighted by molar-refractivity contribution is 0.394. The normalized spacial score (nSPS) is 23.1. The van der Waals surface area contributed by atoms with E-state index in [4.69, 9.17) is 11.5 Å². The minimum absolute atomic E-state index is 0.483. The molecule has 2 aromatic heterocycles. The lowest BCUT2D eigenvalue weighted by Gasteiger charge is -2.27. The lowest BCUT2D eigenvalue weighted by atomic mass is 9.80. The summed E-state index contributed by atoms with van der Waals surface area (Å²) in [7, 11) is 0. The molecule has 2 unspecified atom stereocenters. The third-order valence-electron chi connectivity index (χ3n) is 3.93. The van der Waals surface area contributed by atoms with Gasteiger partial charge in [-0.2, -0.15) is 0 Å². The smallest absolute Gasteiger partial charge is 0.203 e. The fourth-order valence-corrected chi connectivity index (χ4v) is 4.85. The molecule has 1 aliphatic rings. The number of thiazole rings is 1. The molecule has 108 valence electrons. The Kier molecular flexibility index (Phi) is 3.89. The van der Waals surface area contributed by atoms with Crippen molar-refractivity contribution in [3.05, 3.63) is 15.6 Å². The van der Waals surface area contributed by atoms with E-state index in [0.717, 1.165) is 17.8 Å². The molecule has 2 aromatic rings. The lowest BCUT2D eigenvalue weighted by Crippen LogP contribution is -2.13. The summed E-state index contributed by atoms with van der Waals surface area (Å²) in [5.74, 6) is 1.04. The van der Waals surface area contributed by atoms with Gasteiger partial charge in [0.1, 0.15) is 5.01 Å². The SMILES string of the molecule is CCc1nc(N)sc1C1CCCC(c2nnc(N)s2)C1. The summed E-state index contributed by atoms with van der Waals surface area (Å²) in [5.41, 5.74) is 12.8. The van der Waals surface area contributed by atoms with Crippen LogP contribution >= 0.6 is 22.7 Å². The van der Waals surface area contributed by atoms with Gasteiger partial charge in [0.25, 0.3) is 0 Å². The Morgan fingerprint density at radius 2 is 1.90 bits per heavy atom. The van der Waals surface area contributed by atoms with E-state index in [1.807, 2.05) is 0 Å². The van der Waals surface area contributed by atoms with Crippen molar-refractivity contribution in [1.82, 2.24) is 15.2 Å². The Labute approximate surface area is 126 Å². The number of nitrogen functional groups attached to an aromatic ring is 2. The molecule has 0 amide bonds. The monoisotopic (exact) mass is 309 g/mol. The fourth-order valence-electron chi connectivity index (χ4n) is 3.02. The summed E-state index contributed by atoms with van der Waals surface area (Å²) in [6, 6.07) is 0. The number of nitrogens with two attached hydrogens (primary N) is 2. The van der Waals surface area contributed by atoms with Crippen LogP contribution in [-0.4, -0.2) is 15.2 Å². The first-order valence-corrected chi connectivity index (χ1v) is 8.64. The number of hydrogen-bond acceptors (Lipinski definition) is 7. The number of aryl methyl sites for hydroxylation is 1. The fraction of sp³-hybridized carbons (Fsp3) is 0.615. The first kappa shape index (κ1) is 13.8. The Morgan fingerprint density at radius 1 is 1.10 bits per heavy atom. The number of hydrogen-bond donors (Lipinski definition) is 2. The van der Waals surface area contributed by atoms with Crippen LogP contribution < -0.4 is 11.5 Å². The molecule has 3 rings (SSSR count). The van der Waals surface area contributed by atoms with Crippen LogP contribution in [0.4, 0.5) is 10.3 Å². The predicted octanol–water partition coefficient (Wildman–Crippen LogP) is 3.16. The van der Waals surface area contributed by atoms with E-state index < -0.39 is 0 Å². The van der Waals surface area contributed by atoms with Crippen molar-refractivity contribution in [3.8, 4) is 0 Å². The summed E-state index contributed by atoms with van der Waals surface area (Å²) in [6.07, 6.45) is 5.69. The summed E-state index contributed by atoms with van der Waals surface area (Å²) < 4.78 is 0. The van der Waals surface area contributed by atoms with Crippen LogP contribution in [0.1, 0.15) is 60.0 Å². The van der Waals surface area contributed by atoms with Crippen LogP contribution in [0.15, 0.2) is 0 Å². The van der Waals surface area contributed by atoms with Gasteiger partial charge in [0.05, 0.1) is 5.69 Å². The Balaban J connectivity index is 1.81. The largest absolute Gasteiger partial charge is 0.375 e. The molecule has 2 heterocycles. The van der Waals surface area contributed by atoms with Gasteiger partial charge in [0.2, 0.25) is 5.13 Å². The Morgan fingerprint density at radius 3 is 2.60 bits per heavy atom. The molecule has 1 fully saturated rings. The zero-order valence-corrected chi connectivity index (χ0v) is 13.1. The van der Waals surface area contributed by atoms with E-state index >= 15 is 0 Å². The molecule has 20 heavy (non-hydrogen) atoms. The molecule has 1 saturated carbocycles. The summed E-state index contributed by atoms with van der Waals surface area (Å²) in [6.45, 7) is 2.14. The van der Waals surface area contributed by atoms with E-state index in [0.29, 0.717) is 22.1 Å². The van der Waals surface area contributed by atoms with Gasteiger partial charge >= 0.3 is 0 Å². The van der Waals surface area contributed by atoms with Crippen LogP contribution in [0.5, 0.6) is 0 Å². The Bertz CT molecular complexity index is 591. The standard InChI is InChI=1S/C13H19N5S2/c1-2-9-10(19-12(14)16-9)7-4-3-5-8(6-7)11-17-18-13(15)20-11/h7-8H,2-6H2,1H3,(H2,14,16)(H2,15,18). The highest BCUT2D eigenvalue weighted by molar-refractivity contribution is 7.15. The average molecular weight is 309 g/mol. The average Bonchev–Trinajstić information content (AvgIpc) is 3.05. The zero-order chi connectivity index (χ0) is 14.1. The molecule has 4 N–H and O–H groups in total. The van der Waals surface area contributed by atoms with Crippen LogP contribution in [0.3, 0.4) is 0 Å². The maximum atomic E-state index is 5.88. The number of anilines is 2.